The summed E-state index contributed by atoms with van der Waals surface area (Å²) in [7, 11) is 0. The number of amides is 1. The van der Waals surface area contributed by atoms with Crippen molar-refractivity contribution in [2.45, 2.75) is 6.61 Å². The number of halogens is 1. The number of pyridine rings is 1. The summed E-state index contributed by atoms with van der Waals surface area (Å²) in [5, 5.41) is 16.0. The molecule has 4 rings (SSSR count). The van der Waals surface area contributed by atoms with Gasteiger partial charge >= 0.3 is 0 Å². The summed E-state index contributed by atoms with van der Waals surface area (Å²) < 4.78 is 7.10. The van der Waals surface area contributed by atoms with Crippen LogP contribution >= 0.6 is 22.9 Å². The second-order valence-electron chi connectivity index (χ2n) is 5.55. The van der Waals surface area contributed by atoms with E-state index in [1.54, 1.807) is 35.3 Å². The minimum Gasteiger partial charge on any atom is -0.462 e. The SMILES string of the molecule is O=C(Nc1nnc(OCc2ccc(Cl)cn2)s1)c1ccnn1-c1ccccc1. The van der Waals surface area contributed by atoms with Gasteiger partial charge in [-0.15, -0.1) is 5.10 Å². The van der Waals surface area contributed by atoms with Crippen molar-refractivity contribution in [3.8, 4) is 10.9 Å². The number of carbonyl (C=O) groups is 1. The molecule has 140 valence electrons. The van der Waals surface area contributed by atoms with Crippen LogP contribution in [0.1, 0.15) is 16.2 Å². The largest absolute Gasteiger partial charge is 0.462 e. The van der Waals surface area contributed by atoms with E-state index in [4.69, 9.17) is 16.3 Å². The molecule has 0 saturated heterocycles. The van der Waals surface area contributed by atoms with Crippen molar-refractivity contribution < 1.29 is 9.53 Å². The van der Waals surface area contributed by atoms with E-state index in [0.29, 0.717) is 26.7 Å². The number of nitrogens with zero attached hydrogens (tertiary/aromatic N) is 5. The molecule has 4 aromatic rings. The van der Waals surface area contributed by atoms with Crippen LogP contribution in [0.3, 0.4) is 0 Å². The van der Waals surface area contributed by atoms with Gasteiger partial charge in [-0.05, 0) is 41.7 Å². The van der Waals surface area contributed by atoms with E-state index in [0.717, 1.165) is 17.0 Å². The van der Waals surface area contributed by atoms with Gasteiger partial charge in [0.2, 0.25) is 5.13 Å². The Morgan fingerprint density at radius 1 is 1.14 bits per heavy atom. The first-order valence-corrected chi connectivity index (χ1v) is 9.36. The minimum atomic E-state index is -0.344. The van der Waals surface area contributed by atoms with E-state index in [-0.39, 0.29) is 12.5 Å². The summed E-state index contributed by atoms with van der Waals surface area (Å²) in [6.07, 6.45) is 3.11. The van der Waals surface area contributed by atoms with Gasteiger partial charge in [-0.3, -0.25) is 15.1 Å². The van der Waals surface area contributed by atoms with E-state index >= 15 is 0 Å². The maximum atomic E-state index is 12.6. The topological polar surface area (TPSA) is 94.8 Å². The predicted octanol–water partition coefficient (Wildman–Crippen LogP) is 3.60. The molecule has 0 fully saturated rings. The first-order chi connectivity index (χ1) is 13.7. The number of anilines is 1. The highest BCUT2D eigenvalue weighted by Gasteiger charge is 2.16. The Morgan fingerprint density at radius 3 is 2.79 bits per heavy atom. The van der Waals surface area contributed by atoms with Crippen LogP contribution in [-0.4, -0.2) is 30.9 Å². The van der Waals surface area contributed by atoms with E-state index in [9.17, 15) is 4.79 Å². The standard InChI is InChI=1S/C18H13ClN6O2S/c19-12-6-7-13(20-10-12)11-27-18-24-23-17(28-18)22-16(26)15-8-9-21-25(15)14-4-2-1-3-5-14/h1-10H,11H2,(H,22,23,26). The predicted molar refractivity (Wildman–Crippen MR) is 105 cm³/mol. The van der Waals surface area contributed by atoms with Crippen molar-refractivity contribution in [3.63, 3.8) is 0 Å². The Morgan fingerprint density at radius 2 is 2.00 bits per heavy atom. The molecule has 1 aromatic carbocycles. The van der Waals surface area contributed by atoms with Gasteiger partial charge < -0.3 is 4.74 Å². The highest BCUT2D eigenvalue weighted by molar-refractivity contribution is 7.17. The molecule has 0 aliphatic rings. The molecule has 0 bridgehead atoms. The van der Waals surface area contributed by atoms with E-state index < -0.39 is 0 Å². The van der Waals surface area contributed by atoms with Gasteiger partial charge in [0.25, 0.3) is 11.1 Å². The van der Waals surface area contributed by atoms with Crippen LogP contribution < -0.4 is 10.1 Å². The summed E-state index contributed by atoms with van der Waals surface area (Å²) in [6, 6.07) is 14.5. The summed E-state index contributed by atoms with van der Waals surface area (Å²) in [5.41, 5.74) is 1.88. The number of ether oxygens (including phenoxy) is 1. The molecule has 0 atom stereocenters. The summed E-state index contributed by atoms with van der Waals surface area (Å²) in [4.78, 5) is 16.7. The second kappa shape index (κ2) is 8.15. The number of aromatic nitrogens is 5. The molecular formula is C18H13ClN6O2S. The Bertz CT molecular complexity index is 1080. The molecule has 0 unspecified atom stereocenters. The average molecular weight is 413 g/mol. The molecule has 1 amide bonds. The number of para-hydroxylation sites is 1. The van der Waals surface area contributed by atoms with Crippen LogP contribution in [0.2, 0.25) is 5.02 Å². The minimum absolute atomic E-state index is 0.223. The fraction of sp³-hybridized carbons (Fsp3) is 0.0556. The fourth-order valence-corrected chi connectivity index (χ4v) is 3.06. The third-order valence-corrected chi connectivity index (χ3v) is 4.61. The first-order valence-electron chi connectivity index (χ1n) is 8.16. The molecule has 3 aromatic heterocycles. The Kier molecular flexibility index (Phi) is 5.27. The van der Waals surface area contributed by atoms with Crippen molar-refractivity contribution in [1.82, 2.24) is 25.0 Å². The molecule has 10 heteroatoms. The second-order valence-corrected chi connectivity index (χ2v) is 6.92. The Balaban J connectivity index is 1.41. The smallest absolute Gasteiger partial charge is 0.296 e. The van der Waals surface area contributed by atoms with Crippen LogP contribution in [0.5, 0.6) is 5.19 Å². The van der Waals surface area contributed by atoms with Gasteiger partial charge in [-0.25, -0.2) is 4.68 Å². The van der Waals surface area contributed by atoms with Crippen LogP contribution in [0.4, 0.5) is 5.13 Å². The van der Waals surface area contributed by atoms with Crippen molar-refractivity contribution in [1.29, 1.82) is 0 Å². The first kappa shape index (κ1) is 18.1. The zero-order valence-corrected chi connectivity index (χ0v) is 15.9. The van der Waals surface area contributed by atoms with Crippen molar-refractivity contribution in [2.24, 2.45) is 0 Å². The molecule has 0 radical (unpaired) electrons. The Labute approximate surface area is 168 Å². The number of nitrogens with one attached hydrogen (secondary N) is 1. The Hall–Kier alpha value is -3.30. The van der Waals surface area contributed by atoms with Crippen LogP contribution in [0.25, 0.3) is 5.69 Å². The van der Waals surface area contributed by atoms with Gasteiger partial charge in [-0.2, -0.15) is 5.10 Å². The summed E-state index contributed by atoms with van der Waals surface area (Å²) >= 11 is 6.93. The lowest BCUT2D eigenvalue weighted by atomic mass is 10.3. The molecule has 0 aliphatic heterocycles. The van der Waals surface area contributed by atoms with Gasteiger partial charge in [0.15, 0.2) is 0 Å². The number of rotatable bonds is 6. The lowest BCUT2D eigenvalue weighted by Crippen LogP contribution is -2.16. The van der Waals surface area contributed by atoms with E-state index in [2.05, 4.69) is 25.6 Å². The van der Waals surface area contributed by atoms with E-state index in [1.165, 1.54) is 0 Å². The molecular weight excluding hydrogens is 400 g/mol. The molecule has 3 heterocycles. The quantitative estimate of drug-likeness (QED) is 0.520. The van der Waals surface area contributed by atoms with Crippen molar-refractivity contribution in [3.05, 3.63) is 77.3 Å². The van der Waals surface area contributed by atoms with Gasteiger partial charge in [0.1, 0.15) is 12.3 Å². The lowest BCUT2D eigenvalue weighted by molar-refractivity contribution is 0.101. The van der Waals surface area contributed by atoms with Gasteiger partial charge in [0, 0.05) is 6.20 Å². The molecule has 0 spiro atoms. The summed E-state index contributed by atoms with van der Waals surface area (Å²) in [6.45, 7) is 0.223. The van der Waals surface area contributed by atoms with Crippen molar-refractivity contribution >= 4 is 34.0 Å². The maximum Gasteiger partial charge on any atom is 0.296 e. The zero-order valence-electron chi connectivity index (χ0n) is 14.3. The molecule has 0 aliphatic carbocycles. The monoisotopic (exact) mass is 412 g/mol. The van der Waals surface area contributed by atoms with Crippen LogP contribution in [0, 0.1) is 0 Å². The highest BCUT2D eigenvalue weighted by atomic mass is 35.5. The number of hydrogen-bond acceptors (Lipinski definition) is 7. The maximum absolute atomic E-state index is 12.6. The zero-order chi connectivity index (χ0) is 19.3. The van der Waals surface area contributed by atoms with Crippen LogP contribution in [0.15, 0.2) is 60.9 Å². The third kappa shape index (κ3) is 4.16. The molecule has 1 N–H and O–H groups in total. The lowest BCUT2D eigenvalue weighted by Gasteiger charge is -2.06. The van der Waals surface area contributed by atoms with Gasteiger partial charge in [-0.1, -0.05) is 34.9 Å². The number of benzene rings is 1. The summed E-state index contributed by atoms with van der Waals surface area (Å²) in [5.74, 6) is -0.344. The molecule has 8 nitrogen and oxygen atoms in total. The molecule has 0 saturated carbocycles. The highest BCUT2D eigenvalue weighted by Crippen LogP contribution is 2.24. The van der Waals surface area contributed by atoms with E-state index in [1.807, 2.05) is 30.3 Å². The normalized spacial score (nSPS) is 10.6. The number of carbonyl (C=O) groups excluding carboxylic acids is 1. The van der Waals surface area contributed by atoms with Crippen molar-refractivity contribution in [2.75, 3.05) is 5.32 Å². The number of hydrogen-bond donors (Lipinski definition) is 1. The van der Waals surface area contributed by atoms with Gasteiger partial charge in [0.05, 0.1) is 22.6 Å². The average Bonchev–Trinajstić information content (AvgIpc) is 3.38. The molecule has 28 heavy (non-hydrogen) atoms. The third-order valence-electron chi connectivity index (χ3n) is 3.64. The van der Waals surface area contributed by atoms with Crippen LogP contribution in [-0.2, 0) is 6.61 Å². The fourth-order valence-electron chi connectivity index (χ4n) is 2.36.